The van der Waals surface area contributed by atoms with Crippen LogP contribution in [0.25, 0.3) is 70.8 Å². The highest BCUT2D eigenvalue weighted by Gasteiger charge is 2.35. The fourth-order valence-corrected chi connectivity index (χ4v) is 6.85. The number of nitrogens with zero attached hydrogens (tertiary/aromatic N) is 2. The molecule has 0 fully saturated rings. The lowest BCUT2D eigenvalue weighted by Crippen LogP contribution is -2.14. The molecule has 3 heteroatoms. The number of benzene rings is 6. The smallest absolute Gasteiger partial charge is 0.187 e. The minimum absolute atomic E-state index is 0.204. The van der Waals surface area contributed by atoms with Crippen molar-refractivity contribution in [3.8, 4) is 33.5 Å². The monoisotopic (exact) mass is 540 g/mol. The molecule has 0 amide bonds. The van der Waals surface area contributed by atoms with Crippen LogP contribution in [0.4, 0.5) is 10.1 Å². The first-order valence-electron chi connectivity index (χ1n) is 14.1. The van der Waals surface area contributed by atoms with Crippen LogP contribution in [0.2, 0.25) is 0 Å². The van der Waals surface area contributed by atoms with Crippen LogP contribution >= 0.6 is 0 Å². The van der Waals surface area contributed by atoms with E-state index in [-0.39, 0.29) is 11.2 Å². The van der Waals surface area contributed by atoms with E-state index in [0.29, 0.717) is 5.69 Å². The maximum Gasteiger partial charge on any atom is 0.187 e. The van der Waals surface area contributed by atoms with Gasteiger partial charge in [-0.25, -0.2) is 14.2 Å². The fourth-order valence-electron chi connectivity index (χ4n) is 6.85. The predicted molar refractivity (Wildman–Crippen MR) is 171 cm³/mol. The van der Waals surface area contributed by atoms with Crippen LogP contribution in [0, 0.1) is 12.4 Å². The van der Waals surface area contributed by atoms with Gasteiger partial charge in [0.1, 0.15) is 5.82 Å². The minimum Gasteiger partial charge on any atom is -0.247 e. The summed E-state index contributed by atoms with van der Waals surface area (Å²) in [5.74, 6) is -0.258. The third-order valence-electron chi connectivity index (χ3n) is 8.94. The van der Waals surface area contributed by atoms with Gasteiger partial charge in [-0.15, -0.1) is 0 Å². The van der Waals surface area contributed by atoms with Crippen LogP contribution in [-0.2, 0) is 5.41 Å². The zero-order chi connectivity index (χ0) is 28.6. The first kappa shape index (κ1) is 24.5. The molecule has 7 aromatic rings. The summed E-state index contributed by atoms with van der Waals surface area (Å²) < 4.78 is 13.8. The molecular weight excluding hydrogens is 515 g/mol. The maximum absolute atomic E-state index is 13.8. The third-order valence-corrected chi connectivity index (χ3v) is 8.94. The van der Waals surface area contributed by atoms with Gasteiger partial charge in [-0.3, -0.25) is 0 Å². The van der Waals surface area contributed by atoms with Crippen molar-refractivity contribution in [2.24, 2.45) is 0 Å². The standard InChI is InChI=1S/C39H25FN2/c1-39(2)34-21-24(13-17-29(34)30-18-16-26(41-3)22-35(30)39)27-8-6-9-31-28(27)19-20-33-37(31)32-7-4-5-10-36(32)42-38(33)23-11-14-25(40)15-12-23/h4-22H,1-2H3. The van der Waals surface area contributed by atoms with E-state index in [1.165, 1.54) is 50.9 Å². The summed E-state index contributed by atoms with van der Waals surface area (Å²) in [5, 5.41) is 5.64. The molecule has 0 atom stereocenters. The summed E-state index contributed by atoms with van der Waals surface area (Å²) >= 11 is 0. The van der Waals surface area contributed by atoms with Crippen LogP contribution in [0.1, 0.15) is 25.0 Å². The summed E-state index contributed by atoms with van der Waals surface area (Å²) in [4.78, 5) is 8.72. The third kappa shape index (κ3) is 3.45. The van der Waals surface area contributed by atoms with E-state index in [4.69, 9.17) is 11.6 Å². The molecule has 0 radical (unpaired) electrons. The Hall–Kier alpha value is -5.33. The Morgan fingerprint density at radius 1 is 0.619 bits per heavy atom. The van der Waals surface area contributed by atoms with Gasteiger partial charge in [0, 0.05) is 27.1 Å². The topological polar surface area (TPSA) is 17.2 Å². The molecule has 1 aromatic heterocycles. The lowest BCUT2D eigenvalue weighted by atomic mass is 9.81. The number of para-hydroxylation sites is 1. The summed E-state index contributed by atoms with van der Waals surface area (Å²) in [6.07, 6.45) is 0. The molecule has 0 saturated carbocycles. The maximum atomic E-state index is 13.8. The molecule has 198 valence electrons. The van der Waals surface area contributed by atoms with Gasteiger partial charge >= 0.3 is 0 Å². The van der Waals surface area contributed by atoms with Gasteiger partial charge in [0.05, 0.1) is 17.8 Å². The molecule has 2 nitrogen and oxygen atoms in total. The number of rotatable bonds is 2. The zero-order valence-corrected chi connectivity index (χ0v) is 23.2. The van der Waals surface area contributed by atoms with Crippen LogP contribution in [0.5, 0.6) is 0 Å². The van der Waals surface area contributed by atoms with Gasteiger partial charge < -0.3 is 0 Å². The molecule has 1 heterocycles. The van der Waals surface area contributed by atoms with Gasteiger partial charge in [-0.2, -0.15) is 0 Å². The van der Waals surface area contributed by atoms with E-state index in [9.17, 15) is 4.39 Å². The van der Waals surface area contributed by atoms with Gasteiger partial charge in [0.2, 0.25) is 0 Å². The first-order valence-corrected chi connectivity index (χ1v) is 14.1. The quantitative estimate of drug-likeness (QED) is 0.157. The number of aromatic nitrogens is 1. The lowest BCUT2D eigenvalue weighted by Gasteiger charge is -2.22. The summed E-state index contributed by atoms with van der Waals surface area (Å²) in [6, 6.07) is 38.6. The first-order chi connectivity index (χ1) is 20.4. The van der Waals surface area contributed by atoms with Gasteiger partial charge in [-0.1, -0.05) is 92.7 Å². The van der Waals surface area contributed by atoms with E-state index in [1.807, 2.05) is 24.3 Å². The van der Waals surface area contributed by atoms with Gasteiger partial charge in [-0.05, 0) is 80.6 Å². The van der Waals surface area contributed by atoms with Gasteiger partial charge in [0.25, 0.3) is 0 Å². The Morgan fingerprint density at radius 3 is 2.12 bits per heavy atom. The van der Waals surface area contributed by atoms with Crippen molar-refractivity contribution in [1.29, 1.82) is 0 Å². The second-order valence-corrected chi connectivity index (χ2v) is 11.6. The number of hydrogen-bond acceptors (Lipinski definition) is 1. The molecule has 6 aromatic carbocycles. The van der Waals surface area contributed by atoms with Crippen molar-refractivity contribution >= 4 is 38.1 Å². The van der Waals surface area contributed by atoms with Crippen molar-refractivity contribution in [2.45, 2.75) is 19.3 Å². The minimum atomic E-state index is -0.258. The van der Waals surface area contributed by atoms with Crippen LogP contribution in [-0.4, -0.2) is 4.98 Å². The Labute approximate surface area is 243 Å². The number of hydrogen-bond donors (Lipinski definition) is 0. The number of fused-ring (bicyclic) bond motifs is 8. The van der Waals surface area contributed by atoms with Gasteiger partial charge in [0.15, 0.2) is 5.69 Å². The molecule has 1 aliphatic carbocycles. The van der Waals surface area contributed by atoms with Crippen molar-refractivity contribution in [3.63, 3.8) is 0 Å². The normalized spacial score (nSPS) is 13.3. The molecule has 1 aliphatic rings. The predicted octanol–water partition coefficient (Wildman–Crippen LogP) is 10.9. The molecule has 0 bridgehead atoms. The number of pyridine rings is 1. The van der Waals surface area contributed by atoms with Crippen LogP contribution in [0.3, 0.4) is 0 Å². The molecule has 0 aliphatic heterocycles. The van der Waals surface area contributed by atoms with Crippen molar-refractivity contribution in [3.05, 3.63) is 144 Å². The zero-order valence-electron chi connectivity index (χ0n) is 23.2. The van der Waals surface area contributed by atoms with Crippen molar-refractivity contribution in [2.75, 3.05) is 0 Å². The van der Waals surface area contributed by atoms with Crippen molar-refractivity contribution in [1.82, 2.24) is 4.98 Å². The SMILES string of the molecule is [C-]#[N+]c1ccc2c(c1)C(C)(C)c1cc(-c3cccc4c3ccc3c(-c5ccc(F)cc5)nc5ccccc5c34)ccc1-2. The average Bonchev–Trinajstić information content (AvgIpc) is 3.25. The summed E-state index contributed by atoms with van der Waals surface area (Å²) in [6.45, 7) is 12.0. The van der Waals surface area contributed by atoms with Crippen molar-refractivity contribution < 1.29 is 4.39 Å². The highest BCUT2D eigenvalue weighted by molar-refractivity contribution is 6.24. The summed E-state index contributed by atoms with van der Waals surface area (Å²) in [7, 11) is 0. The molecule has 0 unspecified atom stereocenters. The highest BCUT2D eigenvalue weighted by Crippen LogP contribution is 2.51. The highest BCUT2D eigenvalue weighted by atomic mass is 19.1. The van der Waals surface area contributed by atoms with E-state index in [0.717, 1.165) is 38.3 Å². The molecule has 8 rings (SSSR count). The second-order valence-electron chi connectivity index (χ2n) is 11.6. The van der Waals surface area contributed by atoms with Crippen LogP contribution in [0.15, 0.2) is 115 Å². The van der Waals surface area contributed by atoms with E-state index >= 15 is 0 Å². The molecule has 0 N–H and O–H groups in total. The number of halogens is 1. The Morgan fingerprint density at radius 2 is 1.31 bits per heavy atom. The lowest BCUT2D eigenvalue weighted by molar-refractivity contribution is 0.628. The second kappa shape index (κ2) is 8.83. The van der Waals surface area contributed by atoms with E-state index in [1.54, 1.807) is 12.1 Å². The van der Waals surface area contributed by atoms with E-state index in [2.05, 4.69) is 85.4 Å². The Kier molecular flexibility index (Phi) is 5.15. The summed E-state index contributed by atoms with van der Waals surface area (Å²) in [5.41, 5.74) is 10.4. The molecule has 0 saturated heterocycles. The molecule has 42 heavy (non-hydrogen) atoms. The molecule has 0 spiro atoms. The molecular formula is C39H25FN2. The van der Waals surface area contributed by atoms with Crippen LogP contribution < -0.4 is 0 Å². The average molecular weight is 541 g/mol. The Bertz CT molecular complexity index is 2290. The fraction of sp³-hybridized carbons (Fsp3) is 0.0769. The Balaban J connectivity index is 1.38. The largest absolute Gasteiger partial charge is 0.247 e. The van der Waals surface area contributed by atoms with E-state index < -0.39 is 0 Å².